The molecular formula is C15H21N3O3. The molecule has 6 nitrogen and oxygen atoms in total. The molecule has 1 heterocycles. The van der Waals surface area contributed by atoms with Gasteiger partial charge >= 0.3 is 0 Å². The highest BCUT2D eigenvalue weighted by atomic mass is 16.5. The number of nitrogens with one attached hydrogen (secondary N) is 1. The Balaban J connectivity index is 1.82. The predicted molar refractivity (Wildman–Crippen MR) is 78.0 cm³/mol. The van der Waals surface area contributed by atoms with Crippen molar-refractivity contribution in [3.05, 3.63) is 41.5 Å². The number of aromatic nitrogens is 2. The summed E-state index contributed by atoms with van der Waals surface area (Å²) in [6, 6.07) is 7.93. The first-order valence-electron chi connectivity index (χ1n) is 7.04. The molecule has 0 amide bonds. The van der Waals surface area contributed by atoms with Crippen LogP contribution in [0.2, 0.25) is 0 Å². The third kappa shape index (κ3) is 5.17. The lowest BCUT2D eigenvalue weighted by atomic mass is 10.2. The lowest BCUT2D eigenvalue weighted by Crippen LogP contribution is -2.18. The third-order valence-electron chi connectivity index (χ3n) is 2.90. The van der Waals surface area contributed by atoms with Gasteiger partial charge in [-0.1, -0.05) is 24.2 Å². The number of rotatable bonds is 9. The molecule has 1 aromatic carbocycles. The van der Waals surface area contributed by atoms with Gasteiger partial charge in [0.05, 0.1) is 6.61 Å². The maximum Gasteiger partial charge on any atom is 0.264 e. The number of hydrogen-bond donors (Lipinski definition) is 1. The summed E-state index contributed by atoms with van der Waals surface area (Å²) in [5.41, 5.74) is 1.16. The van der Waals surface area contributed by atoms with Gasteiger partial charge < -0.3 is 19.3 Å². The topological polar surface area (TPSA) is 69.4 Å². The monoisotopic (exact) mass is 291 g/mol. The molecule has 2 rings (SSSR count). The average Bonchev–Trinajstić information content (AvgIpc) is 2.98. The van der Waals surface area contributed by atoms with Crippen molar-refractivity contribution >= 4 is 0 Å². The molecule has 6 heteroatoms. The van der Waals surface area contributed by atoms with E-state index in [4.69, 9.17) is 14.0 Å². The maximum atomic E-state index is 5.67. The first kappa shape index (κ1) is 15.5. The number of benzene rings is 1. The lowest BCUT2D eigenvalue weighted by Gasteiger charge is -2.07. The summed E-state index contributed by atoms with van der Waals surface area (Å²) in [4.78, 5) is 4.21. The first-order valence-corrected chi connectivity index (χ1v) is 7.04. The van der Waals surface area contributed by atoms with Crippen molar-refractivity contribution in [2.45, 2.75) is 26.5 Å². The molecule has 0 aliphatic rings. The molecule has 1 N–H and O–H groups in total. The minimum Gasteiger partial charge on any atom is -0.484 e. The molecule has 0 aliphatic heterocycles. The van der Waals surface area contributed by atoms with E-state index >= 15 is 0 Å². The molecule has 0 radical (unpaired) electrons. The van der Waals surface area contributed by atoms with Gasteiger partial charge in [-0.05, 0) is 17.7 Å². The Morgan fingerprint density at radius 3 is 3.00 bits per heavy atom. The number of hydrogen-bond acceptors (Lipinski definition) is 6. The van der Waals surface area contributed by atoms with Gasteiger partial charge in [-0.3, -0.25) is 0 Å². The van der Waals surface area contributed by atoms with Crippen LogP contribution in [0.25, 0.3) is 0 Å². The average molecular weight is 291 g/mol. The van der Waals surface area contributed by atoms with Gasteiger partial charge in [-0.25, -0.2) is 0 Å². The van der Waals surface area contributed by atoms with Gasteiger partial charge in [0.1, 0.15) is 5.75 Å². The summed E-state index contributed by atoms with van der Waals surface area (Å²) >= 11 is 0. The van der Waals surface area contributed by atoms with E-state index in [9.17, 15) is 0 Å². The second kappa shape index (κ2) is 8.39. The highest BCUT2D eigenvalue weighted by Crippen LogP contribution is 2.14. The molecule has 0 saturated heterocycles. The van der Waals surface area contributed by atoms with Gasteiger partial charge in [0.25, 0.3) is 5.89 Å². The van der Waals surface area contributed by atoms with Crippen LogP contribution in [0, 0.1) is 0 Å². The lowest BCUT2D eigenvalue weighted by molar-refractivity contribution is 0.199. The van der Waals surface area contributed by atoms with Crippen LogP contribution in [0.5, 0.6) is 5.75 Å². The zero-order valence-electron chi connectivity index (χ0n) is 12.5. The van der Waals surface area contributed by atoms with Crippen molar-refractivity contribution in [2.75, 3.05) is 20.3 Å². The van der Waals surface area contributed by atoms with Crippen molar-refractivity contribution in [3.63, 3.8) is 0 Å². The van der Waals surface area contributed by atoms with Crippen LogP contribution < -0.4 is 10.1 Å². The van der Waals surface area contributed by atoms with E-state index in [1.165, 1.54) is 0 Å². The quantitative estimate of drug-likeness (QED) is 0.712. The van der Waals surface area contributed by atoms with E-state index in [0.717, 1.165) is 30.8 Å². The fourth-order valence-electron chi connectivity index (χ4n) is 1.79. The standard InChI is InChI=1S/C15H21N3O3/c1-3-14-17-15(21-18-14)11-20-13-6-4-5-12(9-13)10-16-7-8-19-2/h4-6,9,16H,3,7-8,10-11H2,1-2H3. The zero-order chi connectivity index (χ0) is 14.9. The Bertz CT molecular complexity index is 542. The molecule has 0 unspecified atom stereocenters. The Morgan fingerprint density at radius 2 is 2.24 bits per heavy atom. The summed E-state index contributed by atoms with van der Waals surface area (Å²) in [5.74, 6) is 1.98. The summed E-state index contributed by atoms with van der Waals surface area (Å²) < 4.78 is 15.7. The van der Waals surface area contributed by atoms with Crippen molar-refractivity contribution in [1.82, 2.24) is 15.5 Å². The van der Waals surface area contributed by atoms with Crippen LogP contribution >= 0.6 is 0 Å². The fourth-order valence-corrected chi connectivity index (χ4v) is 1.79. The van der Waals surface area contributed by atoms with Gasteiger partial charge in [0.15, 0.2) is 12.4 Å². The van der Waals surface area contributed by atoms with Gasteiger partial charge in [-0.15, -0.1) is 0 Å². The van der Waals surface area contributed by atoms with Gasteiger partial charge in [0.2, 0.25) is 0 Å². The Kier molecular flexibility index (Phi) is 6.18. The number of methoxy groups -OCH3 is 1. The second-order valence-electron chi connectivity index (χ2n) is 4.56. The van der Waals surface area contributed by atoms with E-state index < -0.39 is 0 Å². The molecule has 0 spiro atoms. The molecule has 114 valence electrons. The van der Waals surface area contributed by atoms with Crippen LogP contribution in [0.4, 0.5) is 0 Å². The van der Waals surface area contributed by atoms with Crippen molar-refractivity contribution in [2.24, 2.45) is 0 Å². The predicted octanol–water partition coefficient (Wildman–Crippen LogP) is 1.95. The SMILES string of the molecule is CCc1noc(COc2cccc(CNCCOC)c2)n1. The fraction of sp³-hybridized carbons (Fsp3) is 0.467. The third-order valence-corrected chi connectivity index (χ3v) is 2.90. The number of nitrogens with zero attached hydrogens (tertiary/aromatic N) is 2. The first-order chi connectivity index (χ1) is 10.3. The largest absolute Gasteiger partial charge is 0.484 e. The molecular weight excluding hydrogens is 270 g/mol. The molecule has 2 aromatic rings. The van der Waals surface area contributed by atoms with Crippen LogP contribution in [0.1, 0.15) is 24.2 Å². The number of ether oxygens (including phenoxy) is 2. The van der Waals surface area contributed by atoms with E-state index in [0.29, 0.717) is 18.3 Å². The molecule has 0 atom stereocenters. The minimum absolute atomic E-state index is 0.285. The van der Waals surface area contributed by atoms with Crippen molar-refractivity contribution in [1.29, 1.82) is 0 Å². The summed E-state index contributed by atoms with van der Waals surface area (Å²) in [7, 11) is 1.69. The van der Waals surface area contributed by atoms with Crippen LogP contribution in [0.15, 0.2) is 28.8 Å². The number of aryl methyl sites for hydroxylation is 1. The molecule has 0 fully saturated rings. The van der Waals surface area contributed by atoms with Crippen LogP contribution in [-0.2, 0) is 24.3 Å². The van der Waals surface area contributed by atoms with E-state index in [1.807, 2.05) is 25.1 Å². The highest BCUT2D eigenvalue weighted by Gasteiger charge is 2.05. The molecule has 0 bridgehead atoms. The zero-order valence-corrected chi connectivity index (χ0v) is 12.5. The van der Waals surface area contributed by atoms with Gasteiger partial charge in [0, 0.05) is 26.6 Å². The second-order valence-corrected chi connectivity index (χ2v) is 4.56. The van der Waals surface area contributed by atoms with Gasteiger partial charge in [-0.2, -0.15) is 4.98 Å². The van der Waals surface area contributed by atoms with E-state index in [1.54, 1.807) is 7.11 Å². The summed E-state index contributed by atoms with van der Waals surface area (Å²) in [6.07, 6.45) is 0.756. The molecule has 21 heavy (non-hydrogen) atoms. The Morgan fingerprint density at radius 1 is 1.33 bits per heavy atom. The summed E-state index contributed by atoms with van der Waals surface area (Å²) in [6.45, 7) is 4.57. The normalized spacial score (nSPS) is 10.8. The van der Waals surface area contributed by atoms with Crippen LogP contribution in [0.3, 0.4) is 0 Å². The van der Waals surface area contributed by atoms with E-state index in [-0.39, 0.29) is 6.61 Å². The molecule has 0 aliphatic carbocycles. The highest BCUT2D eigenvalue weighted by molar-refractivity contribution is 5.28. The Hall–Kier alpha value is -1.92. The maximum absolute atomic E-state index is 5.67. The smallest absolute Gasteiger partial charge is 0.264 e. The van der Waals surface area contributed by atoms with Crippen molar-refractivity contribution < 1.29 is 14.0 Å². The van der Waals surface area contributed by atoms with Crippen molar-refractivity contribution in [3.8, 4) is 5.75 Å². The molecule has 0 saturated carbocycles. The summed E-state index contributed by atoms with van der Waals surface area (Å²) in [5, 5.41) is 7.13. The Labute approximate surface area is 124 Å². The molecule has 1 aromatic heterocycles. The minimum atomic E-state index is 0.285. The van der Waals surface area contributed by atoms with Crippen LogP contribution in [-0.4, -0.2) is 30.4 Å². The van der Waals surface area contributed by atoms with E-state index in [2.05, 4.69) is 21.5 Å².